The average molecular weight is 383 g/mol. The number of piperazine rings is 1. The van der Waals surface area contributed by atoms with Crippen LogP contribution in [0.3, 0.4) is 0 Å². The van der Waals surface area contributed by atoms with Gasteiger partial charge in [0.05, 0.1) is 16.8 Å². The molecule has 0 radical (unpaired) electrons. The molecule has 6 heteroatoms. The molecule has 4 rings (SSSR count). The molecule has 4 nitrogen and oxygen atoms in total. The zero-order chi connectivity index (χ0) is 18.6. The monoisotopic (exact) mass is 383 g/mol. The maximum Gasteiger partial charge on any atom is 0.222 e. The van der Waals surface area contributed by atoms with Gasteiger partial charge in [-0.15, -0.1) is 11.3 Å². The summed E-state index contributed by atoms with van der Waals surface area (Å²) in [6.07, 6.45) is 1.02. The molecule has 0 N–H and O–H groups in total. The summed E-state index contributed by atoms with van der Waals surface area (Å²) in [5.74, 6) is -0.0951. The van der Waals surface area contributed by atoms with E-state index in [9.17, 15) is 9.18 Å². The summed E-state index contributed by atoms with van der Waals surface area (Å²) in [5, 5.41) is 1.13. The molecular weight excluding hydrogens is 361 g/mol. The Morgan fingerprint density at radius 1 is 1.07 bits per heavy atom. The average Bonchev–Trinajstić information content (AvgIpc) is 3.09. The smallest absolute Gasteiger partial charge is 0.222 e. The number of amides is 1. The predicted octanol–water partition coefficient (Wildman–Crippen LogP) is 3.71. The van der Waals surface area contributed by atoms with Gasteiger partial charge in [0.1, 0.15) is 10.8 Å². The Kier molecular flexibility index (Phi) is 5.45. The second-order valence-corrected chi connectivity index (χ2v) is 7.98. The van der Waals surface area contributed by atoms with E-state index in [-0.39, 0.29) is 11.7 Å². The molecule has 0 bridgehead atoms. The minimum absolute atomic E-state index is 0.152. The van der Waals surface area contributed by atoms with E-state index in [1.54, 1.807) is 17.4 Å². The largest absolute Gasteiger partial charge is 0.340 e. The molecule has 1 saturated heterocycles. The summed E-state index contributed by atoms with van der Waals surface area (Å²) >= 11 is 1.74. The lowest BCUT2D eigenvalue weighted by molar-refractivity contribution is -0.133. The van der Waals surface area contributed by atoms with Crippen molar-refractivity contribution in [2.75, 3.05) is 26.2 Å². The molecule has 0 saturated carbocycles. The molecule has 1 aromatic heterocycles. The number of nitrogens with zero attached hydrogens (tertiary/aromatic N) is 3. The first-order valence-electron chi connectivity index (χ1n) is 9.26. The van der Waals surface area contributed by atoms with E-state index in [2.05, 4.69) is 11.0 Å². The standard InChI is InChI=1S/C21H22FN3OS/c22-17-5-3-4-16(14-17)8-9-21(26)25-12-10-24(11-13-25)15-20-23-18-6-1-2-7-19(18)27-20/h1-7,14H,8-13,15H2. The van der Waals surface area contributed by atoms with Gasteiger partial charge >= 0.3 is 0 Å². The van der Waals surface area contributed by atoms with Crippen LogP contribution in [0.1, 0.15) is 17.0 Å². The number of thiazole rings is 1. The number of para-hydroxylation sites is 1. The van der Waals surface area contributed by atoms with Gasteiger partial charge in [0.25, 0.3) is 0 Å². The first-order valence-corrected chi connectivity index (χ1v) is 10.1. The molecule has 2 heterocycles. The SMILES string of the molecule is O=C(CCc1cccc(F)c1)N1CCN(Cc2nc3ccccc3s2)CC1. The minimum atomic E-state index is -0.247. The van der Waals surface area contributed by atoms with Crippen LogP contribution in [0.4, 0.5) is 4.39 Å². The van der Waals surface area contributed by atoms with Crippen molar-refractivity contribution in [3.8, 4) is 0 Å². The third kappa shape index (κ3) is 4.51. The topological polar surface area (TPSA) is 36.4 Å². The number of halogens is 1. The van der Waals surface area contributed by atoms with Crippen molar-refractivity contribution >= 4 is 27.5 Å². The van der Waals surface area contributed by atoms with Crippen molar-refractivity contribution in [3.63, 3.8) is 0 Å². The summed E-state index contributed by atoms with van der Waals surface area (Å²) in [6, 6.07) is 14.7. The number of benzene rings is 2. The summed E-state index contributed by atoms with van der Waals surface area (Å²) in [6.45, 7) is 4.05. The van der Waals surface area contributed by atoms with Gasteiger partial charge in [-0.1, -0.05) is 24.3 Å². The lowest BCUT2D eigenvalue weighted by Gasteiger charge is -2.34. The normalized spacial score (nSPS) is 15.4. The first kappa shape index (κ1) is 18.1. The third-order valence-corrected chi connectivity index (χ3v) is 5.96. The van der Waals surface area contributed by atoms with Crippen molar-refractivity contribution in [1.82, 2.24) is 14.8 Å². The molecule has 2 aromatic carbocycles. The van der Waals surface area contributed by atoms with Crippen molar-refractivity contribution in [1.29, 1.82) is 0 Å². The molecule has 0 atom stereocenters. The fraction of sp³-hybridized carbons (Fsp3) is 0.333. The molecule has 1 fully saturated rings. The number of hydrogen-bond acceptors (Lipinski definition) is 4. The van der Waals surface area contributed by atoms with Gasteiger partial charge in [-0.05, 0) is 36.2 Å². The van der Waals surface area contributed by atoms with E-state index >= 15 is 0 Å². The Morgan fingerprint density at radius 2 is 1.89 bits per heavy atom. The van der Waals surface area contributed by atoms with Crippen molar-refractivity contribution in [3.05, 3.63) is 64.9 Å². The van der Waals surface area contributed by atoms with Crippen LogP contribution >= 0.6 is 11.3 Å². The zero-order valence-electron chi connectivity index (χ0n) is 15.1. The first-order chi connectivity index (χ1) is 13.2. The van der Waals surface area contributed by atoms with Gasteiger partial charge in [0.2, 0.25) is 5.91 Å². The number of aromatic nitrogens is 1. The number of fused-ring (bicyclic) bond motifs is 1. The van der Waals surface area contributed by atoms with Gasteiger partial charge in [-0.2, -0.15) is 0 Å². The summed E-state index contributed by atoms with van der Waals surface area (Å²) in [5.41, 5.74) is 1.93. The molecule has 140 valence electrons. The Morgan fingerprint density at radius 3 is 2.67 bits per heavy atom. The molecule has 27 heavy (non-hydrogen) atoms. The highest BCUT2D eigenvalue weighted by atomic mass is 32.1. The predicted molar refractivity (Wildman–Crippen MR) is 106 cm³/mol. The summed E-state index contributed by atoms with van der Waals surface area (Å²) in [7, 11) is 0. The van der Waals surface area contributed by atoms with E-state index in [1.807, 2.05) is 29.2 Å². The molecule has 1 amide bonds. The van der Waals surface area contributed by atoms with Crippen molar-refractivity contribution in [2.45, 2.75) is 19.4 Å². The van der Waals surface area contributed by atoms with E-state index in [1.165, 1.54) is 16.8 Å². The summed E-state index contributed by atoms with van der Waals surface area (Å²) < 4.78 is 14.5. The maximum absolute atomic E-state index is 13.2. The number of carbonyl (C=O) groups excluding carboxylic acids is 1. The van der Waals surface area contributed by atoms with Crippen LogP contribution in [0.5, 0.6) is 0 Å². The van der Waals surface area contributed by atoms with Crippen LogP contribution in [-0.2, 0) is 17.8 Å². The van der Waals surface area contributed by atoms with Crippen molar-refractivity contribution in [2.24, 2.45) is 0 Å². The van der Waals surface area contributed by atoms with E-state index in [0.29, 0.717) is 12.8 Å². The van der Waals surface area contributed by atoms with Gasteiger partial charge in [0.15, 0.2) is 0 Å². The highest BCUT2D eigenvalue weighted by Gasteiger charge is 2.21. The quantitative estimate of drug-likeness (QED) is 0.674. The van der Waals surface area contributed by atoms with E-state index < -0.39 is 0 Å². The maximum atomic E-state index is 13.2. The molecule has 1 aliphatic heterocycles. The Bertz CT molecular complexity index is 901. The van der Waals surface area contributed by atoms with Gasteiger partial charge in [-0.25, -0.2) is 9.37 Å². The second kappa shape index (κ2) is 8.15. The molecule has 1 aliphatic rings. The van der Waals surface area contributed by atoms with Crippen LogP contribution in [0.25, 0.3) is 10.2 Å². The number of rotatable bonds is 5. The second-order valence-electron chi connectivity index (χ2n) is 6.86. The van der Waals surface area contributed by atoms with Gasteiger partial charge in [0, 0.05) is 32.6 Å². The Hall–Kier alpha value is -2.31. The zero-order valence-corrected chi connectivity index (χ0v) is 15.9. The Labute approximate surface area is 162 Å². The highest BCUT2D eigenvalue weighted by molar-refractivity contribution is 7.18. The van der Waals surface area contributed by atoms with Gasteiger partial charge in [-0.3, -0.25) is 9.69 Å². The van der Waals surface area contributed by atoms with Crippen LogP contribution in [0.15, 0.2) is 48.5 Å². The molecular formula is C21H22FN3OS. The fourth-order valence-corrected chi connectivity index (χ4v) is 4.45. The van der Waals surface area contributed by atoms with Crippen LogP contribution < -0.4 is 0 Å². The van der Waals surface area contributed by atoms with Crippen LogP contribution in [0.2, 0.25) is 0 Å². The Balaban J connectivity index is 1.26. The number of carbonyl (C=O) groups is 1. The van der Waals surface area contributed by atoms with E-state index in [4.69, 9.17) is 4.98 Å². The van der Waals surface area contributed by atoms with Gasteiger partial charge < -0.3 is 4.90 Å². The van der Waals surface area contributed by atoms with E-state index in [0.717, 1.165) is 48.8 Å². The van der Waals surface area contributed by atoms with Crippen LogP contribution in [-0.4, -0.2) is 46.9 Å². The molecule has 0 unspecified atom stereocenters. The molecule has 0 aliphatic carbocycles. The highest BCUT2D eigenvalue weighted by Crippen LogP contribution is 2.23. The lowest BCUT2D eigenvalue weighted by atomic mass is 10.1. The number of aryl methyl sites for hydroxylation is 1. The third-order valence-electron chi connectivity index (χ3n) is 4.94. The molecule has 3 aromatic rings. The minimum Gasteiger partial charge on any atom is -0.340 e. The lowest BCUT2D eigenvalue weighted by Crippen LogP contribution is -2.48. The fourth-order valence-electron chi connectivity index (χ4n) is 3.44. The van der Waals surface area contributed by atoms with Crippen molar-refractivity contribution < 1.29 is 9.18 Å². The molecule has 0 spiro atoms. The van der Waals surface area contributed by atoms with Crippen LogP contribution in [0, 0.1) is 5.82 Å². The number of hydrogen-bond donors (Lipinski definition) is 0. The summed E-state index contributed by atoms with van der Waals surface area (Å²) in [4.78, 5) is 21.4.